The fraction of sp³-hybridized carbons (Fsp3) is 0.286. The number of aromatic carboxylic acids is 1. The molecule has 0 heterocycles. The average molecular weight is 496 g/mol. The van der Waals surface area contributed by atoms with Gasteiger partial charge >= 0.3 is 5.97 Å². The lowest BCUT2D eigenvalue weighted by molar-refractivity contribution is 0.0696. The van der Waals surface area contributed by atoms with Gasteiger partial charge < -0.3 is 19.9 Å². The first-order valence-corrected chi connectivity index (χ1v) is 12.0. The molecule has 3 aromatic rings. The Bertz CT molecular complexity index is 1210. The fourth-order valence-corrected chi connectivity index (χ4v) is 3.82. The third-order valence-corrected chi connectivity index (χ3v) is 5.73. The molecule has 2 N–H and O–H groups in total. The van der Waals surface area contributed by atoms with Gasteiger partial charge in [0.25, 0.3) is 5.91 Å². The molecule has 6 nitrogen and oxygen atoms in total. The average Bonchev–Trinajstić information content (AvgIpc) is 2.85. The summed E-state index contributed by atoms with van der Waals surface area (Å²) in [7, 11) is 0. The van der Waals surface area contributed by atoms with E-state index in [1.54, 1.807) is 36.4 Å². The van der Waals surface area contributed by atoms with Crippen LogP contribution in [0, 0.1) is 6.92 Å². The van der Waals surface area contributed by atoms with Gasteiger partial charge in [-0.1, -0.05) is 37.6 Å². The van der Waals surface area contributed by atoms with Crippen LogP contribution >= 0.6 is 11.6 Å². The van der Waals surface area contributed by atoms with Gasteiger partial charge in [-0.25, -0.2) is 4.79 Å². The standard InChI is InChI=1S/C28H30ClNO5/c1-4-12-34-22-9-10-23(25(29)16-22)27(31)30-17-21-14-19(8-11-26(21)35-13-5-2)24-15-20(28(32)33)7-6-18(24)3/h6-11,14-16H,4-5,12-13,17H2,1-3H3,(H,30,31)(H,32,33). The molecule has 35 heavy (non-hydrogen) atoms. The van der Waals surface area contributed by atoms with E-state index in [1.807, 2.05) is 39.0 Å². The van der Waals surface area contributed by atoms with Crippen LogP contribution in [0.1, 0.15) is 58.5 Å². The monoisotopic (exact) mass is 495 g/mol. The number of carboxylic acid groups (broad SMARTS) is 1. The van der Waals surface area contributed by atoms with Crippen LogP contribution in [0.4, 0.5) is 0 Å². The van der Waals surface area contributed by atoms with Crippen molar-refractivity contribution in [2.45, 2.75) is 40.2 Å². The minimum atomic E-state index is -0.982. The molecule has 0 radical (unpaired) electrons. The number of hydrogen-bond donors (Lipinski definition) is 2. The van der Waals surface area contributed by atoms with Crippen LogP contribution in [0.5, 0.6) is 11.5 Å². The van der Waals surface area contributed by atoms with Crippen LogP contribution in [0.3, 0.4) is 0 Å². The van der Waals surface area contributed by atoms with Crippen molar-refractivity contribution in [3.05, 3.63) is 81.9 Å². The minimum Gasteiger partial charge on any atom is -0.494 e. The maximum absolute atomic E-state index is 12.9. The Morgan fingerprint density at radius 1 is 0.943 bits per heavy atom. The highest BCUT2D eigenvalue weighted by Crippen LogP contribution is 2.30. The van der Waals surface area contributed by atoms with E-state index in [9.17, 15) is 14.7 Å². The first-order valence-electron chi connectivity index (χ1n) is 11.6. The van der Waals surface area contributed by atoms with Crippen LogP contribution < -0.4 is 14.8 Å². The van der Waals surface area contributed by atoms with Gasteiger partial charge in [0.2, 0.25) is 0 Å². The topological polar surface area (TPSA) is 84.9 Å². The maximum atomic E-state index is 12.9. The molecule has 3 aromatic carbocycles. The van der Waals surface area contributed by atoms with Crippen molar-refractivity contribution in [2.75, 3.05) is 13.2 Å². The number of ether oxygens (including phenoxy) is 2. The zero-order chi connectivity index (χ0) is 25.4. The van der Waals surface area contributed by atoms with E-state index in [0.717, 1.165) is 35.1 Å². The number of rotatable bonds is 11. The summed E-state index contributed by atoms with van der Waals surface area (Å²) in [4.78, 5) is 24.3. The lowest BCUT2D eigenvalue weighted by atomic mass is 9.96. The Hall–Kier alpha value is -3.51. The summed E-state index contributed by atoms with van der Waals surface area (Å²) in [5.74, 6) is -0.00904. The van der Waals surface area contributed by atoms with E-state index >= 15 is 0 Å². The van der Waals surface area contributed by atoms with Crippen LogP contribution in [0.15, 0.2) is 54.6 Å². The van der Waals surface area contributed by atoms with Crippen molar-refractivity contribution >= 4 is 23.5 Å². The van der Waals surface area contributed by atoms with Crippen molar-refractivity contribution in [3.63, 3.8) is 0 Å². The maximum Gasteiger partial charge on any atom is 0.335 e. The summed E-state index contributed by atoms with van der Waals surface area (Å²) < 4.78 is 11.5. The Kier molecular flexibility index (Phi) is 9.15. The normalized spacial score (nSPS) is 10.6. The summed E-state index contributed by atoms with van der Waals surface area (Å²) in [5, 5.41) is 12.6. The number of halogens is 1. The Morgan fingerprint density at radius 2 is 1.69 bits per heavy atom. The minimum absolute atomic E-state index is 0.216. The number of hydrogen-bond acceptors (Lipinski definition) is 4. The largest absolute Gasteiger partial charge is 0.494 e. The van der Waals surface area contributed by atoms with Crippen LogP contribution in [0.2, 0.25) is 5.02 Å². The summed E-state index contributed by atoms with van der Waals surface area (Å²) in [5.41, 5.74) is 3.95. The quantitative estimate of drug-likeness (QED) is 0.316. The molecule has 0 unspecified atom stereocenters. The molecule has 0 atom stereocenters. The molecule has 0 aliphatic carbocycles. The van der Waals surface area contributed by atoms with Gasteiger partial charge in [-0.2, -0.15) is 0 Å². The van der Waals surface area contributed by atoms with Crippen molar-refractivity contribution in [3.8, 4) is 22.6 Å². The number of benzene rings is 3. The van der Waals surface area contributed by atoms with Gasteiger partial charge in [-0.15, -0.1) is 0 Å². The third-order valence-electron chi connectivity index (χ3n) is 5.42. The van der Waals surface area contributed by atoms with Crippen LogP contribution in [-0.2, 0) is 6.54 Å². The molecule has 7 heteroatoms. The second-order valence-electron chi connectivity index (χ2n) is 8.18. The van der Waals surface area contributed by atoms with Crippen molar-refractivity contribution < 1.29 is 24.2 Å². The van der Waals surface area contributed by atoms with Gasteiger partial charge in [0.05, 0.1) is 29.4 Å². The number of nitrogens with one attached hydrogen (secondary N) is 1. The second kappa shape index (κ2) is 12.3. The van der Waals surface area contributed by atoms with E-state index in [2.05, 4.69) is 5.32 Å². The molecule has 184 valence electrons. The first-order chi connectivity index (χ1) is 16.8. The van der Waals surface area contributed by atoms with Gasteiger partial charge in [0.15, 0.2) is 0 Å². The molecular formula is C28H30ClNO5. The molecule has 0 spiro atoms. The van der Waals surface area contributed by atoms with Crippen molar-refractivity contribution in [1.82, 2.24) is 5.32 Å². The third kappa shape index (κ3) is 6.76. The lowest BCUT2D eigenvalue weighted by Gasteiger charge is -2.15. The molecule has 1 amide bonds. The Balaban J connectivity index is 1.86. The number of aryl methyl sites for hydroxylation is 1. The fourth-order valence-electron chi connectivity index (χ4n) is 3.56. The predicted octanol–water partition coefficient (Wildman–Crippen LogP) is 6.52. The number of carbonyl (C=O) groups excluding carboxylic acids is 1. The zero-order valence-corrected chi connectivity index (χ0v) is 20.9. The van der Waals surface area contributed by atoms with Gasteiger partial charge in [0.1, 0.15) is 11.5 Å². The van der Waals surface area contributed by atoms with Gasteiger partial charge in [-0.05, 0) is 78.9 Å². The summed E-state index contributed by atoms with van der Waals surface area (Å²) in [6.07, 6.45) is 1.72. The molecule has 0 fully saturated rings. The molecule has 0 aliphatic heterocycles. The van der Waals surface area contributed by atoms with Crippen LogP contribution in [0.25, 0.3) is 11.1 Å². The molecule has 0 bridgehead atoms. The van der Waals surface area contributed by atoms with E-state index in [1.165, 1.54) is 0 Å². The Labute approximate surface area is 210 Å². The van der Waals surface area contributed by atoms with E-state index in [-0.39, 0.29) is 18.0 Å². The molecule has 0 aromatic heterocycles. The second-order valence-corrected chi connectivity index (χ2v) is 8.59. The summed E-state index contributed by atoms with van der Waals surface area (Å²) >= 11 is 6.33. The highest BCUT2D eigenvalue weighted by molar-refractivity contribution is 6.34. The summed E-state index contributed by atoms with van der Waals surface area (Å²) in [6, 6.07) is 15.7. The summed E-state index contributed by atoms with van der Waals surface area (Å²) in [6.45, 7) is 7.30. The molecule has 3 rings (SSSR count). The highest BCUT2D eigenvalue weighted by Gasteiger charge is 2.15. The van der Waals surface area contributed by atoms with Crippen molar-refractivity contribution in [2.24, 2.45) is 0 Å². The molecule has 0 saturated carbocycles. The Morgan fingerprint density at radius 3 is 2.37 bits per heavy atom. The van der Waals surface area contributed by atoms with E-state index in [4.69, 9.17) is 21.1 Å². The van der Waals surface area contributed by atoms with E-state index < -0.39 is 5.97 Å². The molecule has 0 saturated heterocycles. The first kappa shape index (κ1) is 26.1. The number of amides is 1. The number of carboxylic acids is 1. The van der Waals surface area contributed by atoms with E-state index in [0.29, 0.717) is 35.3 Å². The molecular weight excluding hydrogens is 466 g/mol. The molecule has 0 aliphatic rings. The number of carbonyl (C=O) groups is 2. The predicted molar refractivity (Wildman–Crippen MR) is 138 cm³/mol. The lowest BCUT2D eigenvalue weighted by Crippen LogP contribution is -2.23. The highest BCUT2D eigenvalue weighted by atomic mass is 35.5. The van der Waals surface area contributed by atoms with Crippen LogP contribution in [-0.4, -0.2) is 30.2 Å². The van der Waals surface area contributed by atoms with Gasteiger partial charge in [0, 0.05) is 12.1 Å². The van der Waals surface area contributed by atoms with Gasteiger partial charge in [-0.3, -0.25) is 4.79 Å². The smallest absolute Gasteiger partial charge is 0.335 e. The SMILES string of the molecule is CCCOc1ccc(C(=O)NCc2cc(-c3cc(C(=O)O)ccc3C)ccc2OCCC)c(Cl)c1. The zero-order valence-electron chi connectivity index (χ0n) is 20.2. The van der Waals surface area contributed by atoms with Crippen molar-refractivity contribution in [1.29, 1.82) is 0 Å².